The van der Waals surface area contributed by atoms with E-state index >= 15 is 0 Å². The lowest BCUT2D eigenvalue weighted by Gasteiger charge is -2.34. The summed E-state index contributed by atoms with van der Waals surface area (Å²) in [5, 5.41) is 36.1. The fourth-order valence-corrected chi connectivity index (χ4v) is 3.57. The summed E-state index contributed by atoms with van der Waals surface area (Å²) in [6.07, 6.45) is 0. The molecule has 3 N–H and O–H groups in total. The van der Waals surface area contributed by atoms with Crippen LogP contribution in [0.5, 0.6) is 0 Å². The first-order chi connectivity index (χ1) is 9.94. The van der Waals surface area contributed by atoms with Crippen molar-refractivity contribution in [3.05, 3.63) is 57.0 Å². The average Bonchev–Trinajstić information content (AvgIpc) is 3.04. The fraction of sp³-hybridized carbons (Fsp3) is 0.308. The number of hydrogen-bond donors (Lipinski definition) is 3. The molecule has 8 heteroatoms. The van der Waals surface area contributed by atoms with Crippen LogP contribution in [0.3, 0.4) is 0 Å². The first kappa shape index (κ1) is 12.3. The summed E-state index contributed by atoms with van der Waals surface area (Å²) in [5.74, 6) is -0.716. The number of rotatable bonds is 1. The highest BCUT2D eigenvalue weighted by Crippen LogP contribution is 2.56. The molecule has 21 heavy (non-hydrogen) atoms. The van der Waals surface area contributed by atoms with Gasteiger partial charge in [-0.2, -0.15) is 0 Å². The van der Waals surface area contributed by atoms with Gasteiger partial charge in [0.25, 0.3) is 0 Å². The number of nitro groups is 1. The van der Waals surface area contributed by atoms with Crippen molar-refractivity contribution in [3.8, 4) is 0 Å². The van der Waals surface area contributed by atoms with E-state index in [9.17, 15) is 25.1 Å². The molecule has 108 valence electrons. The lowest BCUT2D eigenvalue weighted by atomic mass is 9.88. The summed E-state index contributed by atoms with van der Waals surface area (Å²) < 4.78 is 0. The maximum Gasteiger partial charge on any atom is 0.327 e. The fourth-order valence-electron chi connectivity index (χ4n) is 3.57. The van der Waals surface area contributed by atoms with Crippen LogP contribution in [0.4, 0.5) is 0 Å². The number of fused-ring (bicyclic) bond motifs is 5. The van der Waals surface area contributed by atoms with Crippen molar-refractivity contribution in [1.82, 2.24) is 10.2 Å². The zero-order valence-electron chi connectivity index (χ0n) is 10.7. The Labute approximate surface area is 118 Å². The van der Waals surface area contributed by atoms with Gasteiger partial charge in [-0.15, -0.1) is 0 Å². The van der Waals surface area contributed by atoms with Gasteiger partial charge >= 0.3 is 5.70 Å². The van der Waals surface area contributed by atoms with Crippen LogP contribution >= 0.6 is 0 Å². The van der Waals surface area contributed by atoms with Gasteiger partial charge in [-0.3, -0.25) is 14.9 Å². The zero-order valence-corrected chi connectivity index (χ0v) is 10.7. The summed E-state index contributed by atoms with van der Waals surface area (Å²) in [6, 6.07) is 6.03. The van der Waals surface area contributed by atoms with Crippen LogP contribution < -0.4 is 5.32 Å². The van der Waals surface area contributed by atoms with Gasteiger partial charge < -0.3 is 20.4 Å². The molecule has 0 saturated carbocycles. The summed E-state index contributed by atoms with van der Waals surface area (Å²) in [5.41, 5.74) is -5.15. The van der Waals surface area contributed by atoms with Gasteiger partial charge in [-0.1, -0.05) is 24.3 Å². The molecule has 2 heterocycles. The normalized spacial score (nSPS) is 32.9. The van der Waals surface area contributed by atoms with Gasteiger partial charge in [-0.05, 0) is 0 Å². The summed E-state index contributed by atoms with van der Waals surface area (Å²) in [7, 11) is 0. The molecule has 1 fully saturated rings. The Bertz CT molecular complexity index is 745. The number of benzene rings is 1. The highest BCUT2D eigenvalue weighted by Gasteiger charge is 2.77. The molecule has 2 unspecified atom stereocenters. The van der Waals surface area contributed by atoms with Crippen LogP contribution in [0.1, 0.15) is 15.9 Å². The van der Waals surface area contributed by atoms with Crippen molar-refractivity contribution in [1.29, 1.82) is 0 Å². The Kier molecular flexibility index (Phi) is 2.00. The second-order valence-electron chi connectivity index (χ2n) is 5.29. The SMILES string of the molecule is O=C1c2ccccc2C2(O)C([N+](=O)[O-])=C3NCCN3C12O. The maximum atomic E-state index is 12.6. The Balaban J connectivity index is 2.10. The average molecular weight is 289 g/mol. The highest BCUT2D eigenvalue weighted by atomic mass is 16.6. The van der Waals surface area contributed by atoms with E-state index in [-0.39, 0.29) is 23.5 Å². The molecule has 1 aromatic carbocycles. The third-order valence-electron chi connectivity index (χ3n) is 4.42. The van der Waals surface area contributed by atoms with E-state index in [1.807, 2.05) is 0 Å². The monoisotopic (exact) mass is 289 g/mol. The number of hydrogen-bond acceptors (Lipinski definition) is 7. The second kappa shape index (κ2) is 3.41. The van der Waals surface area contributed by atoms with Crippen molar-refractivity contribution in [3.63, 3.8) is 0 Å². The van der Waals surface area contributed by atoms with Gasteiger partial charge in [0.2, 0.25) is 17.1 Å². The van der Waals surface area contributed by atoms with Crippen molar-refractivity contribution in [2.75, 3.05) is 13.1 Å². The van der Waals surface area contributed by atoms with Crippen molar-refractivity contribution in [2.24, 2.45) is 0 Å². The number of aliphatic hydroxyl groups is 2. The smallest absolute Gasteiger partial charge is 0.327 e. The Morgan fingerprint density at radius 1 is 1.33 bits per heavy atom. The predicted molar refractivity (Wildman–Crippen MR) is 68.3 cm³/mol. The molecule has 3 aliphatic rings. The van der Waals surface area contributed by atoms with E-state index in [4.69, 9.17) is 0 Å². The lowest BCUT2D eigenvalue weighted by molar-refractivity contribution is -0.450. The van der Waals surface area contributed by atoms with Crippen LogP contribution in [-0.2, 0) is 5.60 Å². The minimum absolute atomic E-state index is 0.00727. The van der Waals surface area contributed by atoms with Crippen LogP contribution in [0.2, 0.25) is 0 Å². The van der Waals surface area contributed by atoms with E-state index in [1.54, 1.807) is 12.1 Å². The van der Waals surface area contributed by atoms with Crippen molar-refractivity contribution in [2.45, 2.75) is 11.3 Å². The largest absolute Gasteiger partial charge is 0.370 e. The van der Waals surface area contributed by atoms with E-state index in [0.717, 1.165) is 0 Å². The van der Waals surface area contributed by atoms with Gasteiger partial charge in [-0.25, -0.2) is 0 Å². The molecule has 8 nitrogen and oxygen atoms in total. The van der Waals surface area contributed by atoms with Gasteiger partial charge in [0.15, 0.2) is 5.82 Å². The number of nitrogens with one attached hydrogen (secondary N) is 1. The molecule has 1 saturated heterocycles. The standard InChI is InChI=1S/C13H11N3O5/c17-10-7-3-1-2-4-8(7)12(18)9(16(20)21)11-14-5-6-15(11)13(10,12)19/h1-4,14,18-19H,5-6H2. The summed E-state index contributed by atoms with van der Waals surface area (Å²) >= 11 is 0. The summed E-state index contributed by atoms with van der Waals surface area (Å²) in [4.78, 5) is 24.5. The van der Waals surface area contributed by atoms with Crippen molar-refractivity contribution >= 4 is 5.78 Å². The summed E-state index contributed by atoms with van der Waals surface area (Å²) in [6.45, 7) is 0.555. The van der Waals surface area contributed by atoms with Crippen LogP contribution in [0.15, 0.2) is 35.8 Å². The number of Topliss-reactive ketones (excluding diaryl/α,β-unsaturated/α-hetero) is 1. The van der Waals surface area contributed by atoms with Crippen LogP contribution in [0, 0.1) is 10.1 Å². The molecule has 1 aromatic rings. The number of carbonyl (C=O) groups is 1. The van der Waals surface area contributed by atoms with E-state index in [1.165, 1.54) is 17.0 Å². The first-order valence-corrected chi connectivity index (χ1v) is 6.43. The van der Waals surface area contributed by atoms with Gasteiger partial charge in [0.05, 0.1) is 4.92 Å². The topological polar surface area (TPSA) is 116 Å². The van der Waals surface area contributed by atoms with Crippen LogP contribution in [0.25, 0.3) is 0 Å². The predicted octanol–water partition coefficient (Wildman–Crippen LogP) is -0.876. The number of nitrogens with zero attached hydrogens (tertiary/aromatic N) is 2. The molecule has 0 aromatic heterocycles. The number of ketones is 1. The molecule has 0 radical (unpaired) electrons. The van der Waals surface area contributed by atoms with E-state index in [0.29, 0.717) is 6.54 Å². The Morgan fingerprint density at radius 3 is 2.76 bits per heavy atom. The second-order valence-corrected chi connectivity index (χ2v) is 5.29. The molecular formula is C13H11N3O5. The minimum Gasteiger partial charge on any atom is -0.370 e. The van der Waals surface area contributed by atoms with Crippen LogP contribution in [-0.4, -0.2) is 44.6 Å². The molecule has 0 amide bonds. The Morgan fingerprint density at radius 2 is 2.05 bits per heavy atom. The molecular weight excluding hydrogens is 278 g/mol. The molecule has 2 aliphatic heterocycles. The molecule has 4 rings (SSSR count). The molecule has 2 atom stereocenters. The van der Waals surface area contributed by atoms with Crippen molar-refractivity contribution < 1.29 is 19.9 Å². The maximum absolute atomic E-state index is 12.6. The van der Waals surface area contributed by atoms with E-state index in [2.05, 4.69) is 5.32 Å². The van der Waals surface area contributed by atoms with Gasteiger partial charge in [0, 0.05) is 24.2 Å². The lowest BCUT2D eigenvalue weighted by Crippen LogP contribution is -2.59. The van der Waals surface area contributed by atoms with Gasteiger partial charge in [0.1, 0.15) is 0 Å². The third-order valence-corrected chi connectivity index (χ3v) is 4.42. The quantitative estimate of drug-likeness (QED) is 0.454. The third kappa shape index (κ3) is 1.05. The molecule has 0 bridgehead atoms. The first-order valence-electron chi connectivity index (χ1n) is 6.43. The molecule has 1 aliphatic carbocycles. The minimum atomic E-state index is -2.37. The zero-order chi connectivity index (χ0) is 15.0. The molecule has 0 spiro atoms. The number of carbonyl (C=O) groups excluding carboxylic acids is 1. The Hall–Kier alpha value is -2.45. The van der Waals surface area contributed by atoms with E-state index < -0.39 is 27.7 Å². The highest BCUT2D eigenvalue weighted by molar-refractivity contribution is 6.09.